The number of rotatable bonds is 4. The Kier molecular flexibility index (Phi) is 4.64. The van der Waals surface area contributed by atoms with E-state index in [2.05, 4.69) is 34.6 Å². The van der Waals surface area contributed by atoms with Crippen LogP contribution in [0.25, 0.3) is 0 Å². The number of aliphatic hydroxyl groups excluding tert-OH is 2. The van der Waals surface area contributed by atoms with Crippen LogP contribution in [0.2, 0.25) is 0 Å². The number of hydrogen-bond acceptors (Lipinski definition) is 3. The van der Waals surface area contributed by atoms with Gasteiger partial charge < -0.3 is 15.3 Å². The number of hydrogen-bond donors (Lipinski definition) is 3. The van der Waals surface area contributed by atoms with Crippen molar-refractivity contribution in [1.29, 1.82) is 0 Å². The number of benzene rings is 1. The van der Waals surface area contributed by atoms with Gasteiger partial charge in [-0.3, -0.25) is 0 Å². The lowest BCUT2D eigenvalue weighted by molar-refractivity contribution is 0.257. The molecule has 0 bridgehead atoms. The van der Waals surface area contributed by atoms with Crippen LogP contribution in [0.5, 0.6) is 5.75 Å². The lowest BCUT2D eigenvalue weighted by Gasteiger charge is -2.34. The van der Waals surface area contributed by atoms with Crippen molar-refractivity contribution in [2.75, 3.05) is 0 Å². The lowest BCUT2D eigenvalue weighted by atomic mass is 9.71. The summed E-state index contributed by atoms with van der Waals surface area (Å²) in [5.41, 5.74) is 2.26. The second-order valence-corrected chi connectivity index (χ2v) is 7.08. The van der Waals surface area contributed by atoms with Crippen LogP contribution >= 0.6 is 0 Å². The SMILES string of the molecule is CC(C)(C)CC(C)(C)c1cc(CO)c(O)cc1CO. The summed E-state index contributed by atoms with van der Waals surface area (Å²) in [6.45, 7) is 10.5. The molecule has 0 atom stereocenters. The third-order valence-corrected chi connectivity index (χ3v) is 3.35. The summed E-state index contributed by atoms with van der Waals surface area (Å²) in [6, 6.07) is 3.37. The van der Waals surface area contributed by atoms with Gasteiger partial charge in [-0.25, -0.2) is 0 Å². The third-order valence-electron chi connectivity index (χ3n) is 3.35. The lowest BCUT2D eigenvalue weighted by Crippen LogP contribution is -2.26. The molecular weight excluding hydrogens is 240 g/mol. The average Bonchev–Trinajstić information content (AvgIpc) is 2.24. The smallest absolute Gasteiger partial charge is 0.121 e. The van der Waals surface area contributed by atoms with Crippen LogP contribution in [0.15, 0.2) is 12.1 Å². The molecule has 0 amide bonds. The Morgan fingerprint density at radius 3 is 1.84 bits per heavy atom. The highest BCUT2D eigenvalue weighted by molar-refractivity contribution is 5.44. The number of aliphatic hydroxyl groups is 2. The molecule has 0 fully saturated rings. The molecule has 3 N–H and O–H groups in total. The van der Waals surface area contributed by atoms with E-state index in [0.29, 0.717) is 5.56 Å². The van der Waals surface area contributed by atoms with E-state index < -0.39 is 0 Å². The molecule has 0 aliphatic heterocycles. The fourth-order valence-electron chi connectivity index (χ4n) is 2.98. The zero-order valence-corrected chi connectivity index (χ0v) is 12.6. The summed E-state index contributed by atoms with van der Waals surface area (Å²) in [5.74, 6) is 0.0434. The van der Waals surface area contributed by atoms with E-state index in [0.717, 1.165) is 17.5 Å². The molecule has 0 spiro atoms. The molecule has 0 aliphatic carbocycles. The van der Waals surface area contributed by atoms with Crippen LogP contribution < -0.4 is 0 Å². The highest BCUT2D eigenvalue weighted by Crippen LogP contribution is 2.39. The van der Waals surface area contributed by atoms with Crippen LogP contribution in [0.4, 0.5) is 0 Å². The number of phenols is 1. The third kappa shape index (κ3) is 3.95. The van der Waals surface area contributed by atoms with E-state index in [1.807, 2.05) is 6.07 Å². The van der Waals surface area contributed by atoms with Crippen molar-refractivity contribution in [2.24, 2.45) is 5.41 Å². The zero-order valence-electron chi connectivity index (χ0n) is 12.6. The quantitative estimate of drug-likeness (QED) is 0.785. The second-order valence-electron chi connectivity index (χ2n) is 7.08. The summed E-state index contributed by atoms with van der Waals surface area (Å²) in [4.78, 5) is 0. The molecule has 3 heteroatoms. The highest BCUT2D eigenvalue weighted by Gasteiger charge is 2.29. The van der Waals surface area contributed by atoms with Gasteiger partial charge in [0.25, 0.3) is 0 Å². The van der Waals surface area contributed by atoms with Crippen LogP contribution in [0.1, 0.15) is 57.7 Å². The maximum atomic E-state index is 9.77. The van der Waals surface area contributed by atoms with Gasteiger partial charge in [0, 0.05) is 5.56 Å². The van der Waals surface area contributed by atoms with Gasteiger partial charge in [0.15, 0.2) is 0 Å². The monoisotopic (exact) mass is 266 g/mol. The Hall–Kier alpha value is -1.06. The van der Waals surface area contributed by atoms with E-state index in [-0.39, 0.29) is 29.8 Å². The summed E-state index contributed by atoms with van der Waals surface area (Å²) >= 11 is 0. The molecule has 0 aromatic heterocycles. The van der Waals surface area contributed by atoms with Crippen molar-refractivity contribution in [3.63, 3.8) is 0 Å². The van der Waals surface area contributed by atoms with Gasteiger partial charge in [-0.15, -0.1) is 0 Å². The zero-order chi connectivity index (χ0) is 14.8. The maximum absolute atomic E-state index is 9.77. The van der Waals surface area contributed by atoms with Gasteiger partial charge in [-0.2, -0.15) is 0 Å². The second kappa shape index (κ2) is 5.51. The van der Waals surface area contributed by atoms with Gasteiger partial charge in [0.2, 0.25) is 0 Å². The first kappa shape index (κ1) is 16.0. The molecular formula is C16H26O3. The fraction of sp³-hybridized carbons (Fsp3) is 0.625. The first-order valence-corrected chi connectivity index (χ1v) is 6.67. The predicted molar refractivity (Wildman–Crippen MR) is 77.1 cm³/mol. The molecule has 0 unspecified atom stereocenters. The Bertz CT molecular complexity index is 442. The molecule has 1 aromatic rings. The molecule has 19 heavy (non-hydrogen) atoms. The summed E-state index contributed by atoms with van der Waals surface area (Å²) < 4.78 is 0. The first-order valence-electron chi connectivity index (χ1n) is 6.67. The van der Waals surface area contributed by atoms with Gasteiger partial charge >= 0.3 is 0 Å². The average molecular weight is 266 g/mol. The first-order chi connectivity index (χ1) is 8.60. The van der Waals surface area contributed by atoms with Crippen molar-refractivity contribution in [3.8, 4) is 5.75 Å². The molecule has 0 saturated heterocycles. The standard InChI is InChI=1S/C16H26O3/c1-15(2,3)10-16(4,5)13-6-12(9-18)14(19)7-11(13)8-17/h6-7,17-19H,8-10H2,1-5H3. The topological polar surface area (TPSA) is 60.7 Å². The molecule has 0 aliphatic rings. The van der Waals surface area contributed by atoms with Crippen molar-refractivity contribution in [2.45, 2.75) is 59.7 Å². The van der Waals surface area contributed by atoms with E-state index in [1.165, 1.54) is 0 Å². The minimum atomic E-state index is -0.198. The molecule has 1 rings (SSSR count). The van der Waals surface area contributed by atoms with Crippen molar-refractivity contribution in [1.82, 2.24) is 0 Å². The Morgan fingerprint density at radius 2 is 1.42 bits per heavy atom. The van der Waals surface area contributed by atoms with Gasteiger partial charge in [-0.05, 0) is 40.5 Å². The normalized spacial score (nSPS) is 12.8. The minimum Gasteiger partial charge on any atom is -0.508 e. The van der Waals surface area contributed by atoms with E-state index in [9.17, 15) is 15.3 Å². The van der Waals surface area contributed by atoms with Crippen LogP contribution in [0.3, 0.4) is 0 Å². The van der Waals surface area contributed by atoms with Crippen molar-refractivity contribution in [3.05, 3.63) is 28.8 Å². The van der Waals surface area contributed by atoms with Gasteiger partial charge in [0.1, 0.15) is 5.75 Å². The number of aromatic hydroxyl groups is 1. The van der Waals surface area contributed by atoms with Gasteiger partial charge in [0.05, 0.1) is 13.2 Å². The Labute approximate surface area is 115 Å². The molecule has 0 radical (unpaired) electrons. The van der Waals surface area contributed by atoms with Crippen LogP contribution in [-0.2, 0) is 18.6 Å². The van der Waals surface area contributed by atoms with E-state index in [4.69, 9.17) is 0 Å². The molecule has 3 nitrogen and oxygen atoms in total. The minimum absolute atomic E-state index is 0.0434. The predicted octanol–water partition coefficient (Wildman–Crippen LogP) is 3.09. The largest absolute Gasteiger partial charge is 0.508 e. The van der Waals surface area contributed by atoms with Crippen LogP contribution in [0, 0.1) is 5.41 Å². The molecule has 108 valence electrons. The molecule has 0 heterocycles. The summed E-state index contributed by atoms with van der Waals surface area (Å²) in [7, 11) is 0. The molecule has 0 saturated carbocycles. The highest BCUT2D eigenvalue weighted by atomic mass is 16.3. The summed E-state index contributed by atoms with van der Waals surface area (Å²) in [6.07, 6.45) is 0.947. The van der Waals surface area contributed by atoms with Crippen molar-refractivity contribution >= 4 is 0 Å². The van der Waals surface area contributed by atoms with Crippen LogP contribution in [-0.4, -0.2) is 15.3 Å². The maximum Gasteiger partial charge on any atom is 0.121 e. The fourth-order valence-corrected chi connectivity index (χ4v) is 2.98. The molecule has 1 aromatic carbocycles. The Balaban J connectivity index is 3.31. The van der Waals surface area contributed by atoms with Gasteiger partial charge in [-0.1, -0.05) is 34.6 Å². The Morgan fingerprint density at radius 1 is 0.895 bits per heavy atom. The van der Waals surface area contributed by atoms with Crippen molar-refractivity contribution < 1.29 is 15.3 Å². The van der Waals surface area contributed by atoms with E-state index in [1.54, 1.807) is 6.07 Å². The van der Waals surface area contributed by atoms with E-state index >= 15 is 0 Å². The summed E-state index contributed by atoms with van der Waals surface area (Å²) in [5, 5.41) is 28.6.